The minimum absolute atomic E-state index is 0.0895. The number of fused-ring (bicyclic) bond motifs is 1. The fourth-order valence-corrected chi connectivity index (χ4v) is 4.57. The van der Waals surface area contributed by atoms with Crippen LogP contribution in [0, 0.1) is 5.92 Å². The van der Waals surface area contributed by atoms with Crippen LogP contribution in [-0.2, 0) is 21.2 Å². The molecule has 1 amide bonds. The van der Waals surface area contributed by atoms with Crippen LogP contribution in [-0.4, -0.2) is 25.9 Å². The van der Waals surface area contributed by atoms with Gasteiger partial charge >= 0.3 is 0 Å². The second-order valence-corrected chi connectivity index (χ2v) is 9.36. The summed E-state index contributed by atoms with van der Waals surface area (Å²) in [4.78, 5) is 14.6. The lowest BCUT2D eigenvalue weighted by Crippen LogP contribution is -2.40. The Morgan fingerprint density at radius 1 is 1.26 bits per heavy atom. The van der Waals surface area contributed by atoms with Gasteiger partial charge in [-0.2, -0.15) is 0 Å². The van der Waals surface area contributed by atoms with E-state index in [1.807, 2.05) is 32.6 Å². The predicted molar refractivity (Wildman–Crippen MR) is 89.9 cm³/mol. The van der Waals surface area contributed by atoms with Crippen molar-refractivity contribution in [3.63, 3.8) is 0 Å². The zero-order valence-electron chi connectivity index (χ0n) is 14.1. The van der Waals surface area contributed by atoms with Gasteiger partial charge in [-0.25, -0.2) is 13.1 Å². The van der Waals surface area contributed by atoms with E-state index in [-0.39, 0.29) is 22.8 Å². The van der Waals surface area contributed by atoms with Gasteiger partial charge in [-0.1, -0.05) is 0 Å². The molecule has 1 saturated carbocycles. The van der Waals surface area contributed by atoms with Gasteiger partial charge in [-0.05, 0) is 70.7 Å². The number of carbonyl (C=O) groups excluding carboxylic acids is 1. The maximum absolute atomic E-state index is 12.5. The second kappa shape index (κ2) is 5.31. The third kappa shape index (κ3) is 3.28. The number of hydrogen-bond donors (Lipinski definition) is 1. The van der Waals surface area contributed by atoms with E-state index in [0.29, 0.717) is 6.42 Å². The van der Waals surface area contributed by atoms with E-state index in [2.05, 4.69) is 4.72 Å². The molecule has 1 unspecified atom stereocenters. The quantitative estimate of drug-likeness (QED) is 0.922. The van der Waals surface area contributed by atoms with Crippen LogP contribution >= 0.6 is 0 Å². The normalized spacial score (nSPS) is 21.4. The number of anilines is 1. The van der Waals surface area contributed by atoms with Crippen molar-refractivity contribution in [2.24, 2.45) is 5.92 Å². The summed E-state index contributed by atoms with van der Waals surface area (Å²) in [5.74, 6) is 0.342. The van der Waals surface area contributed by atoms with Crippen molar-refractivity contribution >= 4 is 21.6 Å². The topological polar surface area (TPSA) is 66.5 Å². The highest BCUT2D eigenvalue weighted by molar-refractivity contribution is 7.89. The van der Waals surface area contributed by atoms with E-state index in [9.17, 15) is 13.2 Å². The molecule has 1 aromatic rings. The Labute approximate surface area is 138 Å². The zero-order valence-corrected chi connectivity index (χ0v) is 14.9. The summed E-state index contributed by atoms with van der Waals surface area (Å²) in [6.45, 7) is 7.46. The van der Waals surface area contributed by atoms with Crippen molar-refractivity contribution in [1.82, 2.24) is 4.72 Å². The number of nitrogens with zero attached hydrogens (tertiary/aromatic N) is 1. The molecule has 1 N–H and O–H groups in total. The zero-order chi connectivity index (χ0) is 17.0. The molecule has 3 rings (SSSR count). The van der Waals surface area contributed by atoms with Gasteiger partial charge in [-0.15, -0.1) is 0 Å². The maximum atomic E-state index is 12.5. The first-order valence-electron chi connectivity index (χ1n) is 8.08. The van der Waals surface area contributed by atoms with Crippen molar-refractivity contribution in [2.75, 3.05) is 4.90 Å². The van der Waals surface area contributed by atoms with E-state index in [4.69, 9.17) is 0 Å². The monoisotopic (exact) mass is 336 g/mol. The van der Waals surface area contributed by atoms with Gasteiger partial charge < -0.3 is 4.90 Å². The lowest BCUT2D eigenvalue weighted by molar-refractivity contribution is -0.120. The number of benzene rings is 1. The molecule has 2 aliphatic rings. The average molecular weight is 336 g/mol. The summed E-state index contributed by atoms with van der Waals surface area (Å²) in [6.07, 6.45) is 2.64. The molecule has 1 atom stereocenters. The maximum Gasteiger partial charge on any atom is 0.241 e. The number of sulfonamides is 1. The van der Waals surface area contributed by atoms with Gasteiger partial charge in [0.2, 0.25) is 15.9 Å². The van der Waals surface area contributed by atoms with Gasteiger partial charge in [0.05, 0.1) is 4.90 Å². The molecular weight excluding hydrogens is 312 g/mol. The molecule has 6 heteroatoms. The first kappa shape index (κ1) is 16.5. The first-order chi connectivity index (χ1) is 10.6. The molecule has 1 fully saturated rings. The SMILES string of the molecule is CC1Cc2cc(S(=O)(=O)NC(C)(C)C)ccc2N1C(=O)C1CC1. The van der Waals surface area contributed by atoms with Crippen molar-refractivity contribution in [3.05, 3.63) is 23.8 Å². The van der Waals surface area contributed by atoms with E-state index in [1.165, 1.54) is 0 Å². The number of carbonyl (C=O) groups is 1. The molecule has 0 bridgehead atoms. The molecule has 0 saturated heterocycles. The second-order valence-electron chi connectivity index (χ2n) is 7.68. The Balaban J connectivity index is 1.92. The number of amides is 1. The summed E-state index contributed by atoms with van der Waals surface area (Å²) >= 11 is 0. The molecule has 1 aliphatic carbocycles. The summed E-state index contributed by atoms with van der Waals surface area (Å²) in [6, 6.07) is 5.17. The molecule has 0 spiro atoms. The van der Waals surface area contributed by atoms with E-state index >= 15 is 0 Å². The molecule has 1 aliphatic heterocycles. The molecule has 1 heterocycles. The van der Waals surface area contributed by atoms with Crippen LogP contribution in [0.3, 0.4) is 0 Å². The van der Waals surface area contributed by atoms with Crippen LogP contribution in [0.25, 0.3) is 0 Å². The van der Waals surface area contributed by atoms with Crippen LogP contribution in [0.1, 0.15) is 46.1 Å². The number of hydrogen-bond acceptors (Lipinski definition) is 3. The van der Waals surface area contributed by atoms with Gasteiger partial charge in [0, 0.05) is 23.2 Å². The number of rotatable bonds is 3. The highest BCUT2D eigenvalue weighted by Gasteiger charge is 2.39. The third-order valence-electron chi connectivity index (χ3n) is 4.18. The largest absolute Gasteiger partial charge is 0.309 e. The highest BCUT2D eigenvalue weighted by atomic mass is 32.2. The lowest BCUT2D eigenvalue weighted by atomic mass is 10.1. The Kier molecular flexibility index (Phi) is 3.80. The van der Waals surface area contributed by atoms with Crippen molar-refractivity contribution in [2.45, 2.75) is 63.4 Å². The van der Waals surface area contributed by atoms with Gasteiger partial charge in [0.25, 0.3) is 0 Å². The predicted octanol–water partition coefficient (Wildman–Crippen LogP) is 2.45. The molecule has 0 aromatic heterocycles. The van der Waals surface area contributed by atoms with Gasteiger partial charge in [-0.3, -0.25) is 4.79 Å². The van der Waals surface area contributed by atoms with Gasteiger partial charge in [0.15, 0.2) is 0 Å². The molecule has 0 radical (unpaired) electrons. The fourth-order valence-electron chi connectivity index (χ4n) is 3.10. The molecule has 126 valence electrons. The Bertz CT molecular complexity index is 746. The third-order valence-corrected chi connectivity index (χ3v) is 5.94. The Hall–Kier alpha value is -1.40. The average Bonchev–Trinajstić information content (AvgIpc) is 3.17. The fraction of sp³-hybridized carbons (Fsp3) is 0.588. The van der Waals surface area contributed by atoms with Crippen LogP contribution in [0.15, 0.2) is 23.1 Å². The smallest absolute Gasteiger partial charge is 0.241 e. The molecular formula is C17H24N2O3S. The summed E-state index contributed by atoms with van der Waals surface area (Å²) in [5, 5.41) is 0. The van der Waals surface area contributed by atoms with E-state index in [0.717, 1.165) is 24.1 Å². The Morgan fingerprint density at radius 3 is 2.48 bits per heavy atom. The van der Waals surface area contributed by atoms with Crippen LogP contribution in [0.5, 0.6) is 0 Å². The van der Waals surface area contributed by atoms with Crippen LogP contribution in [0.2, 0.25) is 0 Å². The van der Waals surface area contributed by atoms with E-state index in [1.54, 1.807) is 18.2 Å². The van der Waals surface area contributed by atoms with Crippen molar-refractivity contribution < 1.29 is 13.2 Å². The van der Waals surface area contributed by atoms with Crippen molar-refractivity contribution in [1.29, 1.82) is 0 Å². The summed E-state index contributed by atoms with van der Waals surface area (Å²) in [7, 11) is -3.55. The molecule has 5 nitrogen and oxygen atoms in total. The van der Waals surface area contributed by atoms with Gasteiger partial charge in [0.1, 0.15) is 0 Å². The minimum Gasteiger partial charge on any atom is -0.309 e. The van der Waals surface area contributed by atoms with Crippen LogP contribution in [0.4, 0.5) is 5.69 Å². The summed E-state index contributed by atoms with van der Waals surface area (Å²) in [5.41, 5.74) is 1.27. The van der Waals surface area contributed by atoms with Crippen molar-refractivity contribution in [3.8, 4) is 0 Å². The lowest BCUT2D eigenvalue weighted by Gasteiger charge is -2.23. The molecule has 23 heavy (non-hydrogen) atoms. The highest BCUT2D eigenvalue weighted by Crippen LogP contribution is 2.39. The Morgan fingerprint density at radius 2 is 1.91 bits per heavy atom. The molecule has 1 aromatic carbocycles. The first-order valence-corrected chi connectivity index (χ1v) is 9.57. The standard InChI is InChI=1S/C17H24N2O3S/c1-11-9-13-10-14(23(21,22)18-17(2,3)4)7-8-15(13)19(11)16(20)12-5-6-12/h7-8,10-12,18H,5-6,9H2,1-4H3. The minimum atomic E-state index is -3.55. The number of nitrogens with one attached hydrogen (secondary N) is 1. The summed E-state index contributed by atoms with van der Waals surface area (Å²) < 4.78 is 27.6. The van der Waals surface area contributed by atoms with Crippen LogP contribution < -0.4 is 9.62 Å². The van der Waals surface area contributed by atoms with E-state index < -0.39 is 15.6 Å².